The van der Waals surface area contributed by atoms with Gasteiger partial charge in [0.25, 0.3) is 0 Å². The molecule has 26 heavy (non-hydrogen) atoms. The number of hydrogen-bond donors (Lipinski definition) is 0. The SMILES string of the molecule is Cc1ccc(P2C(C3CCCCC3)CCC2C2CCCCC2)c(C)c1C. The number of benzene rings is 1. The van der Waals surface area contributed by atoms with E-state index in [2.05, 4.69) is 32.9 Å². The van der Waals surface area contributed by atoms with Crippen molar-refractivity contribution < 1.29 is 0 Å². The second-order valence-electron chi connectivity index (χ2n) is 9.57. The van der Waals surface area contributed by atoms with Crippen LogP contribution in [0.5, 0.6) is 0 Å². The Hall–Kier alpha value is -0.350. The van der Waals surface area contributed by atoms with Gasteiger partial charge in [0.2, 0.25) is 0 Å². The minimum absolute atomic E-state index is 0.0378. The lowest BCUT2D eigenvalue weighted by Crippen LogP contribution is -2.28. The summed E-state index contributed by atoms with van der Waals surface area (Å²) in [5.74, 6) is 2.09. The molecule has 0 amide bonds. The molecule has 1 aliphatic heterocycles. The average molecular weight is 371 g/mol. The Morgan fingerprint density at radius 3 is 1.62 bits per heavy atom. The van der Waals surface area contributed by atoms with Crippen LogP contribution in [0.3, 0.4) is 0 Å². The molecule has 0 bridgehead atoms. The second kappa shape index (κ2) is 8.34. The molecule has 2 aliphatic carbocycles. The van der Waals surface area contributed by atoms with Gasteiger partial charge in [-0.2, -0.15) is 0 Å². The van der Waals surface area contributed by atoms with Crippen molar-refractivity contribution >= 4 is 13.2 Å². The summed E-state index contributed by atoms with van der Waals surface area (Å²) in [5, 5.41) is 1.81. The molecule has 2 saturated carbocycles. The van der Waals surface area contributed by atoms with E-state index < -0.39 is 0 Å². The molecule has 0 radical (unpaired) electrons. The molecule has 3 fully saturated rings. The highest BCUT2D eigenvalue weighted by atomic mass is 31.1. The highest BCUT2D eigenvalue weighted by Gasteiger charge is 2.44. The zero-order valence-electron chi connectivity index (χ0n) is 17.4. The van der Waals surface area contributed by atoms with Crippen molar-refractivity contribution in [2.45, 2.75) is 109 Å². The Kier molecular flexibility index (Phi) is 6.09. The lowest BCUT2D eigenvalue weighted by molar-refractivity contribution is 0.332. The van der Waals surface area contributed by atoms with E-state index in [0.29, 0.717) is 0 Å². The molecule has 4 rings (SSSR count). The van der Waals surface area contributed by atoms with Gasteiger partial charge in [-0.15, -0.1) is 0 Å². The van der Waals surface area contributed by atoms with Gasteiger partial charge < -0.3 is 0 Å². The molecule has 1 saturated heterocycles. The lowest BCUT2D eigenvalue weighted by Gasteiger charge is -2.38. The van der Waals surface area contributed by atoms with Crippen molar-refractivity contribution in [1.29, 1.82) is 0 Å². The number of aryl methyl sites for hydroxylation is 1. The van der Waals surface area contributed by atoms with E-state index >= 15 is 0 Å². The monoisotopic (exact) mass is 370 g/mol. The van der Waals surface area contributed by atoms with Gasteiger partial charge in [0.15, 0.2) is 0 Å². The Labute approximate surface area is 163 Å². The molecular weight excluding hydrogens is 331 g/mol. The Balaban J connectivity index is 1.68. The maximum Gasteiger partial charge on any atom is -0.0138 e. The van der Waals surface area contributed by atoms with Crippen LogP contribution in [-0.2, 0) is 0 Å². The predicted molar refractivity (Wildman–Crippen MR) is 117 cm³/mol. The van der Waals surface area contributed by atoms with Crippen molar-refractivity contribution in [1.82, 2.24) is 0 Å². The van der Waals surface area contributed by atoms with Crippen LogP contribution in [0.2, 0.25) is 0 Å². The molecule has 0 N–H and O–H groups in total. The molecule has 144 valence electrons. The van der Waals surface area contributed by atoms with Crippen LogP contribution in [0, 0.1) is 32.6 Å². The van der Waals surface area contributed by atoms with Gasteiger partial charge in [-0.05, 0) is 104 Å². The minimum atomic E-state index is 0.0378. The van der Waals surface area contributed by atoms with Gasteiger partial charge in [0, 0.05) is 0 Å². The summed E-state index contributed by atoms with van der Waals surface area (Å²) >= 11 is 0. The van der Waals surface area contributed by atoms with E-state index in [1.165, 1.54) is 69.8 Å². The van der Waals surface area contributed by atoms with Crippen LogP contribution >= 0.6 is 7.92 Å². The van der Waals surface area contributed by atoms with E-state index in [1.807, 2.05) is 5.30 Å². The number of hydrogen-bond acceptors (Lipinski definition) is 0. The Bertz CT molecular complexity index is 581. The summed E-state index contributed by atoms with van der Waals surface area (Å²) in [6.07, 6.45) is 18.2. The van der Waals surface area contributed by atoms with Gasteiger partial charge >= 0.3 is 0 Å². The zero-order chi connectivity index (χ0) is 18.1. The topological polar surface area (TPSA) is 0 Å². The quantitative estimate of drug-likeness (QED) is 0.486. The molecule has 0 nitrogen and oxygen atoms in total. The molecule has 3 aliphatic rings. The first-order valence-electron chi connectivity index (χ1n) is 11.5. The molecule has 1 aromatic rings. The first kappa shape index (κ1) is 19.0. The fraction of sp³-hybridized carbons (Fsp3) is 0.760. The Morgan fingerprint density at radius 2 is 1.12 bits per heavy atom. The first-order valence-corrected chi connectivity index (χ1v) is 13.0. The van der Waals surface area contributed by atoms with E-state index in [-0.39, 0.29) is 7.92 Å². The summed E-state index contributed by atoms with van der Waals surface area (Å²) in [7, 11) is 0.0378. The third-order valence-corrected chi connectivity index (χ3v) is 12.0. The van der Waals surface area contributed by atoms with E-state index in [4.69, 9.17) is 0 Å². The molecule has 1 heterocycles. The van der Waals surface area contributed by atoms with Crippen molar-refractivity contribution in [2.75, 3.05) is 0 Å². The van der Waals surface area contributed by atoms with Gasteiger partial charge in [-0.3, -0.25) is 0 Å². The third kappa shape index (κ3) is 3.65. The molecule has 1 aromatic carbocycles. The average Bonchev–Trinajstić information content (AvgIpc) is 3.12. The van der Waals surface area contributed by atoms with Crippen LogP contribution in [0.25, 0.3) is 0 Å². The summed E-state index contributed by atoms with van der Waals surface area (Å²) < 4.78 is 0. The summed E-state index contributed by atoms with van der Waals surface area (Å²) in [5.41, 5.74) is 6.79. The van der Waals surface area contributed by atoms with Crippen molar-refractivity contribution in [3.05, 3.63) is 28.8 Å². The maximum absolute atomic E-state index is 2.57. The van der Waals surface area contributed by atoms with Gasteiger partial charge in [0.05, 0.1) is 0 Å². The molecule has 2 unspecified atom stereocenters. The fourth-order valence-electron chi connectivity index (χ4n) is 6.41. The molecule has 2 atom stereocenters. The zero-order valence-corrected chi connectivity index (χ0v) is 18.3. The normalized spacial score (nSPS) is 31.4. The van der Waals surface area contributed by atoms with Crippen LogP contribution in [0.4, 0.5) is 0 Å². The van der Waals surface area contributed by atoms with Gasteiger partial charge in [0.1, 0.15) is 0 Å². The first-order chi connectivity index (χ1) is 12.7. The maximum atomic E-state index is 2.57. The highest BCUT2D eigenvalue weighted by Crippen LogP contribution is 2.63. The fourth-order valence-corrected chi connectivity index (χ4v) is 10.8. The summed E-state index contributed by atoms with van der Waals surface area (Å²) in [6, 6.07) is 5.01. The van der Waals surface area contributed by atoms with Crippen LogP contribution in [-0.4, -0.2) is 11.3 Å². The van der Waals surface area contributed by atoms with Crippen molar-refractivity contribution in [3.63, 3.8) is 0 Å². The predicted octanol–water partition coefficient (Wildman–Crippen LogP) is 7.41. The minimum Gasteiger partial charge on any atom is -0.0681 e. The van der Waals surface area contributed by atoms with Crippen molar-refractivity contribution in [3.8, 4) is 0 Å². The lowest BCUT2D eigenvalue weighted by atomic mass is 9.83. The summed E-state index contributed by atoms with van der Waals surface area (Å²) in [4.78, 5) is 0. The summed E-state index contributed by atoms with van der Waals surface area (Å²) in [6.45, 7) is 7.10. The van der Waals surface area contributed by atoms with E-state index in [0.717, 1.165) is 23.2 Å². The van der Waals surface area contributed by atoms with E-state index in [1.54, 1.807) is 24.0 Å². The van der Waals surface area contributed by atoms with Gasteiger partial charge in [-0.25, -0.2) is 0 Å². The molecule has 1 heteroatoms. The van der Waals surface area contributed by atoms with Crippen molar-refractivity contribution in [2.24, 2.45) is 11.8 Å². The molecule has 0 spiro atoms. The smallest absolute Gasteiger partial charge is 0.0138 e. The molecule has 0 aromatic heterocycles. The van der Waals surface area contributed by atoms with Crippen LogP contribution in [0.15, 0.2) is 12.1 Å². The molecular formula is C25H39P. The standard InChI is InChI=1S/C25H39P/c1-18-14-15-23(20(3)19(18)2)26-24(21-10-6-4-7-11-21)16-17-25(26)22-12-8-5-9-13-22/h14-15,21-22,24-25H,4-13,16-17H2,1-3H3. The largest absolute Gasteiger partial charge is 0.0681 e. The van der Waals surface area contributed by atoms with E-state index in [9.17, 15) is 0 Å². The Morgan fingerprint density at radius 1 is 0.615 bits per heavy atom. The third-order valence-electron chi connectivity index (χ3n) is 8.17. The van der Waals surface area contributed by atoms with Crippen LogP contribution < -0.4 is 5.30 Å². The van der Waals surface area contributed by atoms with Gasteiger partial charge in [-0.1, -0.05) is 58.6 Å². The van der Waals surface area contributed by atoms with Crippen LogP contribution in [0.1, 0.15) is 93.7 Å². The second-order valence-corrected chi connectivity index (χ2v) is 12.2. The number of rotatable bonds is 3. The highest BCUT2D eigenvalue weighted by molar-refractivity contribution is 7.67.